The smallest absolute Gasteiger partial charge is 0.196 e. The number of hydrogen-bond donors (Lipinski definition) is 1. The summed E-state index contributed by atoms with van der Waals surface area (Å²) in [6, 6.07) is 7.87. The van der Waals surface area contributed by atoms with Crippen molar-refractivity contribution in [2.24, 2.45) is 0 Å². The number of halogens is 2. The van der Waals surface area contributed by atoms with Crippen LogP contribution in [0, 0.1) is 0 Å². The van der Waals surface area contributed by atoms with Gasteiger partial charge in [0, 0.05) is 27.9 Å². The Morgan fingerprint density at radius 2 is 1.67 bits per heavy atom. The van der Waals surface area contributed by atoms with Crippen LogP contribution < -0.4 is 15.2 Å². The fourth-order valence-corrected chi connectivity index (χ4v) is 2.52. The molecule has 0 amide bonds. The van der Waals surface area contributed by atoms with Gasteiger partial charge in [0.1, 0.15) is 13.2 Å². The second-order valence-corrected chi connectivity index (χ2v) is 5.38. The van der Waals surface area contributed by atoms with Gasteiger partial charge in [-0.3, -0.25) is 4.79 Å². The van der Waals surface area contributed by atoms with Crippen LogP contribution in [0.5, 0.6) is 11.5 Å². The quantitative estimate of drug-likeness (QED) is 0.677. The van der Waals surface area contributed by atoms with Crippen LogP contribution in [0.1, 0.15) is 15.9 Å². The van der Waals surface area contributed by atoms with Crippen molar-refractivity contribution >= 4 is 34.7 Å². The summed E-state index contributed by atoms with van der Waals surface area (Å²) in [5.41, 5.74) is 6.79. The largest absolute Gasteiger partial charge is 0.486 e. The molecule has 0 radical (unpaired) electrons. The summed E-state index contributed by atoms with van der Waals surface area (Å²) < 4.78 is 10.9. The van der Waals surface area contributed by atoms with E-state index < -0.39 is 0 Å². The van der Waals surface area contributed by atoms with Gasteiger partial charge in [-0.2, -0.15) is 0 Å². The molecule has 2 N–H and O–H groups in total. The number of benzene rings is 2. The standard InChI is InChI=1S/C15H11Cl2NO3/c16-8-1-2-12(18)10(5-8)15(19)9-6-13-14(7-11(9)17)21-4-3-20-13/h1-2,5-7H,3-4,18H2. The van der Waals surface area contributed by atoms with Crippen molar-refractivity contribution in [1.29, 1.82) is 0 Å². The Morgan fingerprint density at radius 3 is 2.38 bits per heavy atom. The molecular weight excluding hydrogens is 313 g/mol. The first-order valence-corrected chi connectivity index (χ1v) is 7.01. The maximum atomic E-state index is 12.6. The van der Waals surface area contributed by atoms with Crippen LogP contribution in [-0.4, -0.2) is 19.0 Å². The number of carbonyl (C=O) groups excluding carboxylic acids is 1. The summed E-state index contributed by atoms with van der Waals surface area (Å²) in [6.45, 7) is 0.888. The Hall–Kier alpha value is -1.91. The van der Waals surface area contributed by atoms with E-state index in [4.69, 9.17) is 38.4 Å². The Kier molecular flexibility index (Phi) is 3.66. The highest BCUT2D eigenvalue weighted by Gasteiger charge is 2.21. The highest BCUT2D eigenvalue weighted by atomic mass is 35.5. The highest BCUT2D eigenvalue weighted by Crippen LogP contribution is 2.36. The van der Waals surface area contributed by atoms with Crippen molar-refractivity contribution in [3.63, 3.8) is 0 Å². The maximum Gasteiger partial charge on any atom is 0.196 e. The Bertz CT molecular complexity index is 731. The predicted octanol–water partition coefficient (Wildman–Crippen LogP) is 3.58. The SMILES string of the molecule is Nc1ccc(Cl)cc1C(=O)c1cc2c(cc1Cl)OCCO2. The van der Waals surface area contributed by atoms with Gasteiger partial charge in [-0.15, -0.1) is 0 Å². The lowest BCUT2D eigenvalue weighted by molar-refractivity contribution is 0.103. The molecule has 0 aliphatic carbocycles. The van der Waals surface area contributed by atoms with E-state index in [0.717, 1.165) is 0 Å². The average Bonchev–Trinajstić information content (AvgIpc) is 2.48. The number of anilines is 1. The van der Waals surface area contributed by atoms with Gasteiger partial charge in [-0.25, -0.2) is 0 Å². The van der Waals surface area contributed by atoms with Gasteiger partial charge in [0.2, 0.25) is 0 Å². The van der Waals surface area contributed by atoms with Crippen LogP contribution in [0.4, 0.5) is 5.69 Å². The molecule has 6 heteroatoms. The Balaban J connectivity index is 2.07. The molecule has 21 heavy (non-hydrogen) atoms. The van der Waals surface area contributed by atoms with E-state index in [1.807, 2.05) is 0 Å². The number of ketones is 1. The van der Waals surface area contributed by atoms with Gasteiger partial charge < -0.3 is 15.2 Å². The van der Waals surface area contributed by atoms with Gasteiger partial charge in [-0.1, -0.05) is 23.2 Å². The molecule has 0 unspecified atom stereocenters. The van der Waals surface area contributed by atoms with Gasteiger partial charge >= 0.3 is 0 Å². The topological polar surface area (TPSA) is 61.6 Å². The molecule has 3 rings (SSSR count). The Labute approximate surface area is 131 Å². The van der Waals surface area contributed by atoms with Gasteiger partial charge in [-0.05, 0) is 24.3 Å². The molecule has 2 aromatic rings. The molecule has 1 aliphatic heterocycles. The molecule has 0 saturated heterocycles. The molecule has 0 saturated carbocycles. The van der Waals surface area contributed by atoms with Crippen LogP contribution >= 0.6 is 23.2 Å². The number of rotatable bonds is 2. The predicted molar refractivity (Wildman–Crippen MR) is 81.7 cm³/mol. The van der Waals surface area contributed by atoms with Crippen LogP contribution in [0.25, 0.3) is 0 Å². The lowest BCUT2D eigenvalue weighted by Gasteiger charge is -2.19. The lowest BCUT2D eigenvalue weighted by Crippen LogP contribution is -2.16. The molecule has 1 aliphatic rings. The minimum Gasteiger partial charge on any atom is -0.486 e. The number of nitrogens with two attached hydrogens (primary N) is 1. The van der Waals surface area contributed by atoms with Crippen molar-refractivity contribution in [3.05, 3.63) is 51.5 Å². The minimum atomic E-state index is -0.308. The second kappa shape index (κ2) is 5.47. The summed E-state index contributed by atoms with van der Waals surface area (Å²) in [5.74, 6) is 0.716. The number of nitrogen functional groups attached to an aromatic ring is 1. The molecule has 4 nitrogen and oxygen atoms in total. The monoisotopic (exact) mass is 323 g/mol. The molecule has 1 heterocycles. The average molecular weight is 324 g/mol. The molecular formula is C15H11Cl2NO3. The van der Waals surface area contributed by atoms with Crippen molar-refractivity contribution < 1.29 is 14.3 Å². The van der Waals surface area contributed by atoms with E-state index in [9.17, 15) is 4.79 Å². The highest BCUT2D eigenvalue weighted by molar-refractivity contribution is 6.36. The van der Waals surface area contributed by atoms with Gasteiger partial charge in [0.25, 0.3) is 0 Å². The van der Waals surface area contributed by atoms with Crippen molar-refractivity contribution in [3.8, 4) is 11.5 Å². The van der Waals surface area contributed by atoms with Gasteiger partial charge in [0.15, 0.2) is 17.3 Å². The molecule has 0 atom stereocenters. The zero-order valence-electron chi connectivity index (χ0n) is 10.9. The number of fused-ring (bicyclic) bond motifs is 1. The third-order valence-corrected chi connectivity index (χ3v) is 3.68. The second-order valence-electron chi connectivity index (χ2n) is 4.54. The summed E-state index contributed by atoms with van der Waals surface area (Å²) >= 11 is 12.1. The molecule has 0 spiro atoms. The van der Waals surface area contributed by atoms with Crippen LogP contribution in [-0.2, 0) is 0 Å². The Morgan fingerprint density at radius 1 is 1.00 bits per heavy atom. The van der Waals surface area contributed by atoms with Crippen LogP contribution in [0.3, 0.4) is 0 Å². The zero-order valence-corrected chi connectivity index (χ0v) is 12.4. The summed E-state index contributed by atoms with van der Waals surface area (Å²) in [5, 5.41) is 0.713. The van der Waals surface area contributed by atoms with Crippen molar-refractivity contribution in [1.82, 2.24) is 0 Å². The minimum absolute atomic E-state index is 0.281. The van der Waals surface area contributed by atoms with E-state index in [1.165, 1.54) is 6.07 Å². The zero-order chi connectivity index (χ0) is 15.0. The first kappa shape index (κ1) is 14.0. The molecule has 0 aromatic heterocycles. The normalized spacial score (nSPS) is 13.0. The molecule has 108 valence electrons. The number of carbonyl (C=O) groups is 1. The van der Waals surface area contributed by atoms with E-state index in [1.54, 1.807) is 24.3 Å². The van der Waals surface area contributed by atoms with E-state index >= 15 is 0 Å². The number of ether oxygens (including phenoxy) is 2. The molecule has 0 fully saturated rings. The first-order chi connectivity index (χ1) is 10.1. The van der Waals surface area contributed by atoms with E-state index in [0.29, 0.717) is 46.5 Å². The molecule has 2 aromatic carbocycles. The lowest BCUT2D eigenvalue weighted by atomic mass is 10.0. The maximum absolute atomic E-state index is 12.6. The van der Waals surface area contributed by atoms with Gasteiger partial charge in [0.05, 0.1) is 5.02 Å². The molecule has 0 bridgehead atoms. The van der Waals surface area contributed by atoms with Crippen molar-refractivity contribution in [2.75, 3.05) is 18.9 Å². The third kappa shape index (κ3) is 2.64. The summed E-state index contributed by atoms with van der Waals surface area (Å²) in [4.78, 5) is 12.6. The summed E-state index contributed by atoms with van der Waals surface area (Å²) in [6.07, 6.45) is 0. The van der Waals surface area contributed by atoms with E-state index in [-0.39, 0.29) is 10.8 Å². The van der Waals surface area contributed by atoms with Crippen LogP contribution in [0.2, 0.25) is 10.0 Å². The third-order valence-electron chi connectivity index (χ3n) is 3.14. The van der Waals surface area contributed by atoms with E-state index in [2.05, 4.69) is 0 Å². The fraction of sp³-hybridized carbons (Fsp3) is 0.133. The van der Waals surface area contributed by atoms with Crippen molar-refractivity contribution in [2.45, 2.75) is 0 Å². The fourth-order valence-electron chi connectivity index (χ4n) is 2.11. The summed E-state index contributed by atoms with van der Waals surface area (Å²) in [7, 11) is 0. The first-order valence-electron chi connectivity index (χ1n) is 6.25. The number of hydrogen-bond acceptors (Lipinski definition) is 4. The van der Waals surface area contributed by atoms with Crippen LogP contribution in [0.15, 0.2) is 30.3 Å².